The van der Waals surface area contributed by atoms with E-state index in [-0.39, 0.29) is 47.1 Å². The number of aryl methyl sites for hydroxylation is 2. The third-order valence-electron chi connectivity index (χ3n) is 8.60. The number of fused-ring (bicyclic) bond motifs is 4. The topological polar surface area (TPSA) is 95.0 Å². The van der Waals surface area contributed by atoms with Gasteiger partial charge in [-0.1, -0.05) is 37.6 Å². The molecular weight excluding hydrogens is 444 g/mol. The summed E-state index contributed by atoms with van der Waals surface area (Å²) in [6, 6.07) is 3.81. The minimum Gasteiger partial charge on any atom is -0.507 e. The summed E-state index contributed by atoms with van der Waals surface area (Å²) in [4.78, 5) is 56.5. The van der Waals surface area contributed by atoms with Crippen LogP contribution in [0.25, 0.3) is 0 Å². The third-order valence-corrected chi connectivity index (χ3v) is 8.60. The SMILES string of the molecule is CCCN1C(=O)C2CC=C3C(CC4C(=O)N(CCC)C(=O)C4C3c3cc(C)c(O)c(C)c3)C2C1=O. The second kappa shape index (κ2) is 8.61. The Hall–Kier alpha value is -2.96. The first kappa shape index (κ1) is 23.8. The molecule has 2 saturated heterocycles. The predicted octanol–water partition coefficient (Wildman–Crippen LogP) is 3.47. The summed E-state index contributed by atoms with van der Waals surface area (Å²) in [5.41, 5.74) is 3.34. The van der Waals surface area contributed by atoms with Crippen molar-refractivity contribution in [3.63, 3.8) is 0 Å². The Kier molecular flexibility index (Phi) is 5.85. The van der Waals surface area contributed by atoms with Crippen molar-refractivity contribution < 1.29 is 24.3 Å². The van der Waals surface area contributed by atoms with Crippen LogP contribution in [0.1, 0.15) is 62.1 Å². The van der Waals surface area contributed by atoms with Crippen LogP contribution in [-0.4, -0.2) is 51.6 Å². The molecule has 35 heavy (non-hydrogen) atoms. The third kappa shape index (κ3) is 3.38. The Morgan fingerprint density at radius 3 is 1.91 bits per heavy atom. The Morgan fingerprint density at radius 1 is 0.800 bits per heavy atom. The number of benzene rings is 1. The van der Waals surface area contributed by atoms with Crippen molar-refractivity contribution in [2.45, 2.75) is 59.3 Å². The zero-order valence-corrected chi connectivity index (χ0v) is 20.9. The van der Waals surface area contributed by atoms with Gasteiger partial charge in [-0.15, -0.1) is 0 Å². The van der Waals surface area contributed by atoms with E-state index in [0.29, 0.717) is 38.8 Å². The molecule has 1 aromatic rings. The summed E-state index contributed by atoms with van der Waals surface area (Å²) in [6.45, 7) is 8.38. The fourth-order valence-corrected chi connectivity index (χ4v) is 7.15. The summed E-state index contributed by atoms with van der Waals surface area (Å²) in [6.07, 6.45) is 4.38. The van der Waals surface area contributed by atoms with Gasteiger partial charge in [-0.25, -0.2) is 0 Å². The number of likely N-dealkylation sites (tertiary alicyclic amines) is 2. The number of nitrogens with zero attached hydrogens (tertiary/aromatic N) is 2. The van der Waals surface area contributed by atoms with Crippen molar-refractivity contribution in [1.29, 1.82) is 0 Å². The van der Waals surface area contributed by atoms with Crippen LogP contribution in [0.5, 0.6) is 5.75 Å². The van der Waals surface area contributed by atoms with E-state index in [1.807, 2.05) is 39.8 Å². The summed E-state index contributed by atoms with van der Waals surface area (Å²) in [5.74, 6) is -2.77. The largest absolute Gasteiger partial charge is 0.507 e. The van der Waals surface area contributed by atoms with E-state index >= 15 is 0 Å². The van der Waals surface area contributed by atoms with Gasteiger partial charge in [0.15, 0.2) is 0 Å². The highest BCUT2D eigenvalue weighted by molar-refractivity contribution is 6.08. The molecule has 1 N–H and O–H groups in total. The van der Waals surface area contributed by atoms with Crippen LogP contribution in [0, 0.1) is 43.4 Å². The van der Waals surface area contributed by atoms with Crippen molar-refractivity contribution in [2.75, 3.05) is 13.1 Å². The van der Waals surface area contributed by atoms with Crippen LogP contribution in [-0.2, 0) is 19.2 Å². The molecule has 2 aliphatic heterocycles. The van der Waals surface area contributed by atoms with Crippen molar-refractivity contribution in [3.05, 3.63) is 40.5 Å². The highest BCUT2D eigenvalue weighted by Gasteiger charge is 2.61. The maximum atomic E-state index is 13.6. The van der Waals surface area contributed by atoms with E-state index < -0.39 is 17.8 Å². The molecule has 0 bridgehead atoms. The molecule has 0 aromatic heterocycles. The lowest BCUT2D eigenvalue weighted by Gasteiger charge is -2.44. The van der Waals surface area contributed by atoms with E-state index in [2.05, 4.69) is 6.08 Å². The number of phenols is 1. The molecule has 7 heteroatoms. The molecule has 4 amide bonds. The minimum absolute atomic E-state index is 0.103. The number of imide groups is 2. The number of amides is 4. The van der Waals surface area contributed by atoms with Crippen LogP contribution in [0.4, 0.5) is 0 Å². The molecule has 2 heterocycles. The van der Waals surface area contributed by atoms with Gasteiger partial charge in [-0.3, -0.25) is 29.0 Å². The molecule has 0 radical (unpaired) electrons. The van der Waals surface area contributed by atoms with Crippen LogP contribution in [0.3, 0.4) is 0 Å². The van der Waals surface area contributed by atoms with E-state index in [4.69, 9.17) is 0 Å². The van der Waals surface area contributed by atoms with Crippen molar-refractivity contribution in [1.82, 2.24) is 9.80 Å². The summed E-state index contributed by atoms with van der Waals surface area (Å²) < 4.78 is 0. The highest BCUT2D eigenvalue weighted by Crippen LogP contribution is 2.58. The molecule has 0 spiro atoms. The fourth-order valence-electron chi connectivity index (χ4n) is 7.15. The van der Waals surface area contributed by atoms with Crippen LogP contribution >= 0.6 is 0 Å². The molecule has 1 aromatic carbocycles. The molecule has 5 rings (SSSR count). The van der Waals surface area contributed by atoms with Gasteiger partial charge in [-0.05, 0) is 62.1 Å². The summed E-state index contributed by atoms with van der Waals surface area (Å²) in [7, 11) is 0. The standard InChI is InChI=1S/C28H34N2O5/c1-5-9-29-25(32)18-8-7-17-19(22(18)27(29)34)13-20-23(28(35)30(10-6-2)26(20)33)21(17)16-11-14(3)24(31)15(4)12-16/h7,11-12,18-23,31H,5-6,8-10,13H2,1-4H3. The Balaban J connectivity index is 1.64. The lowest BCUT2D eigenvalue weighted by Crippen LogP contribution is -2.43. The number of rotatable bonds is 5. The molecule has 4 aliphatic rings. The zero-order chi connectivity index (χ0) is 25.2. The predicted molar refractivity (Wildman–Crippen MR) is 129 cm³/mol. The lowest BCUT2D eigenvalue weighted by molar-refractivity contribution is -0.142. The summed E-state index contributed by atoms with van der Waals surface area (Å²) >= 11 is 0. The molecule has 186 valence electrons. The molecule has 1 saturated carbocycles. The first-order valence-electron chi connectivity index (χ1n) is 12.9. The monoisotopic (exact) mass is 478 g/mol. The van der Waals surface area contributed by atoms with E-state index in [9.17, 15) is 24.3 Å². The van der Waals surface area contributed by atoms with Gasteiger partial charge < -0.3 is 5.11 Å². The number of hydrogen-bond acceptors (Lipinski definition) is 5. The van der Waals surface area contributed by atoms with Crippen molar-refractivity contribution in [2.24, 2.45) is 29.6 Å². The maximum absolute atomic E-state index is 13.6. The number of hydrogen-bond donors (Lipinski definition) is 1. The molecule has 6 unspecified atom stereocenters. The number of allylic oxidation sites excluding steroid dienone is 2. The Labute approximate surface area is 206 Å². The van der Waals surface area contributed by atoms with Crippen LogP contribution in [0.2, 0.25) is 0 Å². The molecular formula is C28H34N2O5. The van der Waals surface area contributed by atoms with E-state index in [1.54, 1.807) is 0 Å². The molecule has 6 atom stereocenters. The minimum atomic E-state index is -0.518. The van der Waals surface area contributed by atoms with Crippen LogP contribution in [0.15, 0.2) is 23.8 Å². The highest BCUT2D eigenvalue weighted by atomic mass is 16.3. The lowest BCUT2D eigenvalue weighted by atomic mass is 9.57. The second-order valence-corrected chi connectivity index (χ2v) is 10.7. The van der Waals surface area contributed by atoms with Crippen molar-refractivity contribution >= 4 is 23.6 Å². The Morgan fingerprint density at radius 2 is 1.34 bits per heavy atom. The number of carbonyl (C=O) groups is 4. The van der Waals surface area contributed by atoms with Gasteiger partial charge in [-0.2, -0.15) is 0 Å². The first-order chi connectivity index (χ1) is 16.7. The molecule has 3 fully saturated rings. The second-order valence-electron chi connectivity index (χ2n) is 10.7. The smallest absolute Gasteiger partial charge is 0.234 e. The van der Waals surface area contributed by atoms with Gasteiger partial charge in [0.1, 0.15) is 5.75 Å². The van der Waals surface area contributed by atoms with Crippen molar-refractivity contribution in [3.8, 4) is 5.75 Å². The van der Waals surface area contributed by atoms with Gasteiger partial charge in [0.2, 0.25) is 23.6 Å². The fraction of sp³-hybridized carbons (Fsp3) is 0.571. The number of aromatic hydroxyl groups is 1. The number of phenolic OH excluding ortho intramolecular Hbond substituents is 1. The first-order valence-corrected chi connectivity index (χ1v) is 12.9. The van der Waals surface area contributed by atoms with Gasteiger partial charge in [0.25, 0.3) is 0 Å². The zero-order valence-electron chi connectivity index (χ0n) is 20.9. The van der Waals surface area contributed by atoms with E-state index in [0.717, 1.165) is 22.3 Å². The molecule has 2 aliphatic carbocycles. The van der Waals surface area contributed by atoms with Gasteiger partial charge >= 0.3 is 0 Å². The Bertz CT molecular complexity index is 1130. The maximum Gasteiger partial charge on any atom is 0.234 e. The van der Waals surface area contributed by atoms with Gasteiger partial charge in [0.05, 0.1) is 23.7 Å². The average molecular weight is 479 g/mol. The molecule has 7 nitrogen and oxygen atoms in total. The van der Waals surface area contributed by atoms with Gasteiger partial charge in [0, 0.05) is 19.0 Å². The van der Waals surface area contributed by atoms with E-state index in [1.165, 1.54) is 9.80 Å². The quantitative estimate of drug-likeness (QED) is 0.517. The number of carbonyl (C=O) groups excluding carboxylic acids is 4. The summed E-state index contributed by atoms with van der Waals surface area (Å²) in [5, 5.41) is 10.4. The average Bonchev–Trinajstić information content (AvgIpc) is 3.21. The normalized spacial score (nSPS) is 32.1. The van der Waals surface area contributed by atoms with Crippen LogP contribution < -0.4 is 0 Å².